The van der Waals surface area contributed by atoms with Crippen LogP contribution >= 0.6 is 0 Å². The summed E-state index contributed by atoms with van der Waals surface area (Å²) in [5.41, 5.74) is 0.468. The molecule has 0 spiro atoms. The Kier molecular flexibility index (Phi) is 6.42. The van der Waals surface area contributed by atoms with Crippen LogP contribution in [0.2, 0.25) is 0 Å². The SMILES string of the molecule is CC(C)(C)OC(=O)NCC(=O)Nc1cccc(NC(=O)c2cnccn2)c1. The predicted molar refractivity (Wildman–Crippen MR) is 99.3 cm³/mol. The molecule has 3 N–H and O–H groups in total. The number of nitrogens with one attached hydrogen (secondary N) is 3. The molecule has 0 saturated heterocycles. The van der Waals surface area contributed by atoms with Gasteiger partial charge in [0.2, 0.25) is 5.91 Å². The van der Waals surface area contributed by atoms with E-state index in [0.29, 0.717) is 11.4 Å². The lowest BCUT2D eigenvalue weighted by Gasteiger charge is -2.19. The minimum absolute atomic E-state index is 0.175. The summed E-state index contributed by atoms with van der Waals surface area (Å²) >= 11 is 0. The second kappa shape index (κ2) is 8.75. The number of hydrogen-bond donors (Lipinski definition) is 3. The summed E-state index contributed by atoms with van der Waals surface area (Å²) in [4.78, 5) is 43.3. The first-order chi connectivity index (χ1) is 12.7. The van der Waals surface area contributed by atoms with Crippen molar-refractivity contribution < 1.29 is 19.1 Å². The van der Waals surface area contributed by atoms with Crippen LogP contribution in [0.4, 0.5) is 16.2 Å². The Morgan fingerprint density at radius 2 is 1.78 bits per heavy atom. The molecule has 0 bridgehead atoms. The van der Waals surface area contributed by atoms with E-state index in [1.54, 1.807) is 45.0 Å². The van der Waals surface area contributed by atoms with Gasteiger partial charge in [-0.2, -0.15) is 0 Å². The van der Waals surface area contributed by atoms with Crippen LogP contribution in [-0.2, 0) is 9.53 Å². The average Bonchev–Trinajstić information content (AvgIpc) is 2.59. The minimum atomic E-state index is -0.678. The zero-order valence-electron chi connectivity index (χ0n) is 15.3. The molecule has 0 radical (unpaired) electrons. The van der Waals surface area contributed by atoms with Gasteiger partial charge in [0.15, 0.2) is 0 Å². The minimum Gasteiger partial charge on any atom is -0.444 e. The molecule has 2 rings (SSSR count). The quantitative estimate of drug-likeness (QED) is 0.740. The number of hydrogen-bond acceptors (Lipinski definition) is 6. The third-order valence-corrected chi connectivity index (χ3v) is 2.99. The highest BCUT2D eigenvalue weighted by Gasteiger charge is 2.16. The highest BCUT2D eigenvalue weighted by atomic mass is 16.6. The van der Waals surface area contributed by atoms with E-state index in [1.807, 2.05) is 0 Å². The number of carbonyl (C=O) groups excluding carboxylic acids is 3. The number of ether oxygens (including phenoxy) is 1. The van der Waals surface area contributed by atoms with E-state index >= 15 is 0 Å². The van der Waals surface area contributed by atoms with Gasteiger partial charge in [0.05, 0.1) is 6.20 Å². The fourth-order valence-electron chi connectivity index (χ4n) is 1.96. The fraction of sp³-hybridized carbons (Fsp3) is 0.278. The van der Waals surface area contributed by atoms with E-state index in [9.17, 15) is 14.4 Å². The van der Waals surface area contributed by atoms with Gasteiger partial charge in [-0.15, -0.1) is 0 Å². The predicted octanol–water partition coefficient (Wildman–Crippen LogP) is 2.19. The maximum absolute atomic E-state index is 12.1. The lowest BCUT2D eigenvalue weighted by atomic mass is 10.2. The Balaban J connectivity index is 1.88. The molecule has 0 atom stereocenters. The molecule has 0 aliphatic carbocycles. The van der Waals surface area contributed by atoms with E-state index in [0.717, 1.165) is 0 Å². The first kappa shape index (κ1) is 19.8. The molecule has 0 unspecified atom stereocenters. The summed E-state index contributed by atoms with van der Waals surface area (Å²) in [5.74, 6) is -0.851. The average molecular weight is 371 g/mol. The van der Waals surface area contributed by atoms with Crippen LogP contribution in [0.3, 0.4) is 0 Å². The van der Waals surface area contributed by atoms with Crippen molar-refractivity contribution in [2.45, 2.75) is 26.4 Å². The van der Waals surface area contributed by atoms with Crippen LogP contribution in [0.5, 0.6) is 0 Å². The molecule has 1 aromatic heterocycles. The maximum Gasteiger partial charge on any atom is 0.408 e. The van der Waals surface area contributed by atoms with Crippen molar-refractivity contribution in [2.24, 2.45) is 0 Å². The topological polar surface area (TPSA) is 122 Å². The number of aromatic nitrogens is 2. The monoisotopic (exact) mass is 371 g/mol. The summed E-state index contributed by atoms with van der Waals surface area (Å²) in [6.07, 6.45) is 3.56. The van der Waals surface area contributed by atoms with Crippen LogP contribution in [0.1, 0.15) is 31.3 Å². The lowest BCUT2D eigenvalue weighted by Crippen LogP contribution is -2.37. The number of rotatable bonds is 5. The van der Waals surface area contributed by atoms with Crippen molar-refractivity contribution in [3.8, 4) is 0 Å². The third-order valence-electron chi connectivity index (χ3n) is 2.99. The summed E-state index contributed by atoms with van der Waals surface area (Å²) in [7, 11) is 0. The molecule has 1 heterocycles. The van der Waals surface area contributed by atoms with Gasteiger partial charge < -0.3 is 20.7 Å². The second-order valence-electron chi connectivity index (χ2n) is 6.53. The van der Waals surface area contributed by atoms with Gasteiger partial charge in [0.1, 0.15) is 17.8 Å². The van der Waals surface area contributed by atoms with Gasteiger partial charge in [-0.1, -0.05) is 6.07 Å². The van der Waals surface area contributed by atoms with Crippen LogP contribution in [0, 0.1) is 0 Å². The smallest absolute Gasteiger partial charge is 0.408 e. The van der Waals surface area contributed by atoms with E-state index in [1.165, 1.54) is 18.6 Å². The van der Waals surface area contributed by atoms with Crippen LogP contribution in [-0.4, -0.2) is 40.0 Å². The van der Waals surface area contributed by atoms with Gasteiger partial charge in [-0.05, 0) is 39.0 Å². The Morgan fingerprint density at radius 1 is 1.07 bits per heavy atom. The van der Waals surface area contributed by atoms with Gasteiger partial charge >= 0.3 is 6.09 Å². The van der Waals surface area contributed by atoms with Crippen molar-refractivity contribution in [1.29, 1.82) is 0 Å². The molecular formula is C18H21N5O4. The molecule has 9 heteroatoms. The van der Waals surface area contributed by atoms with E-state index in [-0.39, 0.29) is 12.2 Å². The zero-order valence-corrected chi connectivity index (χ0v) is 15.3. The largest absolute Gasteiger partial charge is 0.444 e. The Bertz CT molecular complexity index is 818. The third kappa shape index (κ3) is 7.10. The van der Waals surface area contributed by atoms with Gasteiger partial charge in [-0.3, -0.25) is 14.6 Å². The molecular weight excluding hydrogens is 350 g/mol. The first-order valence-corrected chi connectivity index (χ1v) is 8.17. The second-order valence-corrected chi connectivity index (χ2v) is 6.53. The summed E-state index contributed by atoms with van der Waals surface area (Å²) in [5, 5.41) is 7.66. The summed E-state index contributed by atoms with van der Waals surface area (Å²) < 4.78 is 5.05. The van der Waals surface area contributed by atoms with Gasteiger partial charge in [0.25, 0.3) is 5.91 Å². The van der Waals surface area contributed by atoms with Gasteiger partial charge in [0, 0.05) is 23.8 Å². The highest BCUT2D eigenvalue weighted by molar-refractivity contribution is 6.03. The van der Waals surface area contributed by atoms with Crippen LogP contribution < -0.4 is 16.0 Å². The standard InChI is InChI=1S/C18H21N5O4/c1-18(2,3)27-17(26)21-11-15(24)22-12-5-4-6-13(9-12)23-16(25)14-10-19-7-8-20-14/h4-10H,11H2,1-3H3,(H,21,26)(H,22,24)(H,23,25). The first-order valence-electron chi connectivity index (χ1n) is 8.17. The molecule has 27 heavy (non-hydrogen) atoms. The molecule has 2 aromatic rings. The van der Waals surface area contributed by atoms with Crippen molar-refractivity contribution in [3.63, 3.8) is 0 Å². The van der Waals surface area contributed by atoms with Crippen LogP contribution in [0.25, 0.3) is 0 Å². The number of amides is 3. The summed E-state index contributed by atoms with van der Waals surface area (Å²) in [6, 6.07) is 6.58. The maximum atomic E-state index is 12.1. The van der Waals surface area contributed by atoms with E-state index in [2.05, 4.69) is 25.9 Å². The number of anilines is 2. The molecule has 0 saturated carbocycles. The molecule has 142 valence electrons. The Labute approximate surface area is 156 Å². The highest BCUT2D eigenvalue weighted by Crippen LogP contribution is 2.15. The molecule has 9 nitrogen and oxygen atoms in total. The molecule has 0 fully saturated rings. The van der Waals surface area contributed by atoms with Crippen molar-refractivity contribution in [3.05, 3.63) is 48.5 Å². The van der Waals surface area contributed by atoms with E-state index in [4.69, 9.17) is 4.74 Å². The van der Waals surface area contributed by atoms with Crippen molar-refractivity contribution in [2.75, 3.05) is 17.2 Å². The fourth-order valence-corrected chi connectivity index (χ4v) is 1.96. The molecule has 0 aliphatic heterocycles. The normalized spacial score (nSPS) is 10.6. The number of alkyl carbamates (subject to hydrolysis) is 1. The number of nitrogens with zero attached hydrogens (tertiary/aromatic N) is 2. The molecule has 3 amide bonds. The van der Waals surface area contributed by atoms with Crippen molar-refractivity contribution >= 4 is 29.3 Å². The van der Waals surface area contributed by atoms with E-state index < -0.39 is 23.5 Å². The Hall–Kier alpha value is -3.49. The summed E-state index contributed by atoms with van der Waals surface area (Å²) in [6.45, 7) is 4.94. The number of carbonyl (C=O) groups is 3. The zero-order chi connectivity index (χ0) is 19.9. The molecule has 0 aliphatic rings. The van der Waals surface area contributed by atoms with Crippen molar-refractivity contribution in [1.82, 2.24) is 15.3 Å². The Morgan fingerprint density at radius 3 is 2.41 bits per heavy atom. The number of benzene rings is 1. The van der Waals surface area contributed by atoms with Crippen LogP contribution in [0.15, 0.2) is 42.9 Å². The van der Waals surface area contributed by atoms with Gasteiger partial charge in [-0.25, -0.2) is 9.78 Å². The molecule has 1 aromatic carbocycles. The lowest BCUT2D eigenvalue weighted by molar-refractivity contribution is -0.115.